The monoisotopic (exact) mass is 334 g/mol. The maximum absolute atomic E-state index is 12.5. The van der Waals surface area contributed by atoms with E-state index in [0.717, 1.165) is 37.9 Å². The van der Waals surface area contributed by atoms with E-state index < -0.39 is 17.7 Å². The molecule has 0 aromatic heterocycles. The van der Waals surface area contributed by atoms with E-state index in [9.17, 15) is 18.0 Å². The molecule has 2 nitrogen and oxygen atoms in total. The molecule has 4 rings (SSSR count). The van der Waals surface area contributed by atoms with Gasteiger partial charge in [-0.05, 0) is 61.5 Å². The highest BCUT2D eigenvalue weighted by molar-refractivity contribution is 7.80. The normalized spacial score (nSPS) is 39.8. The fraction of sp³-hybridized carbons (Fsp3) is 0.812. The number of hydrogen-bond donors (Lipinski definition) is 1. The summed E-state index contributed by atoms with van der Waals surface area (Å²) < 4.78 is 42.5. The Balaban J connectivity index is 1.68. The van der Waals surface area contributed by atoms with Crippen molar-refractivity contribution < 1.29 is 22.7 Å². The zero-order valence-corrected chi connectivity index (χ0v) is 13.3. The summed E-state index contributed by atoms with van der Waals surface area (Å²) >= 11 is 4.51. The third-order valence-corrected chi connectivity index (χ3v) is 6.41. The molecule has 0 aromatic rings. The molecular weight excluding hydrogens is 313 g/mol. The minimum atomic E-state index is -4.72. The molecule has 4 fully saturated rings. The first-order valence-electron chi connectivity index (χ1n) is 7.71. The molecule has 2 atom stereocenters. The Bertz CT molecular complexity index is 486. The average molecular weight is 334 g/mol. The van der Waals surface area contributed by atoms with Crippen LogP contribution in [0.3, 0.4) is 0 Å². The van der Waals surface area contributed by atoms with Gasteiger partial charge in [0, 0.05) is 5.41 Å². The third kappa shape index (κ3) is 2.79. The summed E-state index contributed by atoms with van der Waals surface area (Å²) in [5.74, 6) is 0.698. The van der Waals surface area contributed by atoms with Crippen LogP contribution in [-0.2, 0) is 9.53 Å². The van der Waals surface area contributed by atoms with Crippen LogP contribution in [0.1, 0.15) is 38.5 Å². The Kier molecular flexibility index (Phi) is 3.82. The highest BCUT2D eigenvalue weighted by Crippen LogP contribution is 2.65. The van der Waals surface area contributed by atoms with Gasteiger partial charge in [0.1, 0.15) is 5.57 Å². The van der Waals surface area contributed by atoms with Crippen LogP contribution in [0.2, 0.25) is 0 Å². The average Bonchev–Trinajstić information content (AvgIpc) is 2.41. The minimum absolute atomic E-state index is 0.0868. The van der Waals surface area contributed by atoms with Crippen molar-refractivity contribution in [3.8, 4) is 0 Å². The quantitative estimate of drug-likeness (QED) is 0.474. The maximum Gasteiger partial charge on any atom is 0.422 e. The van der Waals surface area contributed by atoms with E-state index in [1.165, 1.54) is 6.42 Å². The van der Waals surface area contributed by atoms with Crippen LogP contribution in [0, 0.1) is 22.7 Å². The highest BCUT2D eigenvalue weighted by atomic mass is 32.1. The maximum atomic E-state index is 12.5. The molecular formula is C16H21F3O2S. The zero-order valence-electron chi connectivity index (χ0n) is 12.4. The fourth-order valence-electron chi connectivity index (χ4n) is 5.42. The van der Waals surface area contributed by atoms with Crippen molar-refractivity contribution in [3.63, 3.8) is 0 Å². The van der Waals surface area contributed by atoms with E-state index in [2.05, 4.69) is 19.2 Å². The van der Waals surface area contributed by atoms with Gasteiger partial charge in [-0.3, -0.25) is 0 Å². The molecule has 4 aliphatic carbocycles. The molecule has 0 spiro atoms. The summed E-state index contributed by atoms with van der Waals surface area (Å²) in [5.41, 5.74) is -1.37. The van der Waals surface area contributed by atoms with Crippen LogP contribution in [-0.4, -0.2) is 24.5 Å². The topological polar surface area (TPSA) is 26.3 Å². The molecule has 4 bridgehead atoms. The molecule has 0 heterocycles. The van der Waals surface area contributed by atoms with Crippen molar-refractivity contribution in [2.24, 2.45) is 22.7 Å². The standard InChI is InChI=1S/C16H21F3O2S/c1-10(16(17,18)19)13(20)21-8-14-3-11-2-12(4-14)6-15(5-11,7-14)9-22/h11-12,22H,1-9H2. The van der Waals surface area contributed by atoms with E-state index >= 15 is 0 Å². The Morgan fingerprint density at radius 1 is 1.18 bits per heavy atom. The second kappa shape index (κ2) is 5.18. The number of ether oxygens (including phenoxy) is 1. The molecule has 6 heteroatoms. The van der Waals surface area contributed by atoms with Crippen LogP contribution >= 0.6 is 12.6 Å². The second-order valence-electron chi connectivity index (χ2n) is 7.67. The van der Waals surface area contributed by atoms with Crippen molar-refractivity contribution in [1.82, 2.24) is 0 Å². The van der Waals surface area contributed by atoms with E-state index in [4.69, 9.17) is 4.74 Å². The smallest absolute Gasteiger partial charge is 0.422 e. The molecule has 124 valence electrons. The summed E-state index contributed by atoms with van der Waals surface area (Å²) in [6, 6.07) is 0. The van der Waals surface area contributed by atoms with Crippen molar-refractivity contribution in [1.29, 1.82) is 0 Å². The van der Waals surface area contributed by atoms with Crippen LogP contribution in [0.25, 0.3) is 0 Å². The predicted molar refractivity (Wildman–Crippen MR) is 79.6 cm³/mol. The number of rotatable bonds is 4. The molecule has 22 heavy (non-hydrogen) atoms. The fourth-order valence-corrected chi connectivity index (χ4v) is 5.79. The highest BCUT2D eigenvalue weighted by Gasteiger charge is 2.57. The summed E-state index contributed by atoms with van der Waals surface area (Å²) in [4.78, 5) is 11.6. The first-order chi connectivity index (χ1) is 10.2. The summed E-state index contributed by atoms with van der Waals surface area (Å²) in [7, 11) is 0. The molecule has 0 N–H and O–H groups in total. The number of alkyl halides is 3. The molecule has 0 aliphatic heterocycles. The van der Waals surface area contributed by atoms with Gasteiger partial charge in [-0.1, -0.05) is 6.58 Å². The van der Waals surface area contributed by atoms with Gasteiger partial charge in [-0.2, -0.15) is 25.8 Å². The molecule has 4 aliphatic rings. The van der Waals surface area contributed by atoms with Crippen LogP contribution in [0.4, 0.5) is 13.2 Å². The number of carbonyl (C=O) groups is 1. The lowest BCUT2D eigenvalue weighted by atomic mass is 9.45. The van der Waals surface area contributed by atoms with Crippen molar-refractivity contribution in [3.05, 3.63) is 12.2 Å². The molecule has 0 aromatic carbocycles. The number of carbonyl (C=O) groups excluding carboxylic acids is 1. The van der Waals surface area contributed by atoms with Gasteiger partial charge >= 0.3 is 12.1 Å². The largest absolute Gasteiger partial charge is 0.462 e. The van der Waals surface area contributed by atoms with Gasteiger partial charge in [-0.25, -0.2) is 4.79 Å². The lowest BCUT2D eigenvalue weighted by Gasteiger charge is -2.61. The Morgan fingerprint density at radius 2 is 1.73 bits per heavy atom. The third-order valence-electron chi connectivity index (χ3n) is 5.74. The Morgan fingerprint density at radius 3 is 2.23 bits per heavy atom. The van der Waals surface area contributed by atoms with E-state index in [-0.39, 0.29) is 17.4 Å². The zero-order chi connectivity index (χ0) is 16.2. The van der Waals surface area contributed by atoms with Gasteiger partial charge < -0.3 is 4.74 Å². The van der Waals surface area contributed by atoms with E-state index in [1.54, 1.807) is 0 Å². The predicted octanol–water partition coefficient (Wildman–Crippen LogP) is 4.16. The summed E-state index contributed by atoms with van der Waals surface area (Å²) in [6.45, 7) is 2.90. The SMILES string of the molecule is C=C(C(=O)OCC12CC3CC(CC(CS)(C3)C1)C2)C(F)(F)F. The number of esters is 1. The number of thiol groups is 1. The van der Waals surface area contributed by atoms with Crippen LogP contribution < -0.4 is 0 Å². The molecule has 4 saturated carbocycles. The summed E-state index contributed by atoms with van der Waals surface area (Å²) in [5, 5.41) is 0. The Hall–Kier alpha value is -0.650. The number of hydrogen-bond acceptors (Lipinski definition) is 3. The van der Waals surface area contributed by atoms with Gasteiger partial charge in [0.25, 0.3) is 0 Å². The molecule has 2 unspecified atom stereocenters. The van der Waals surface area contributed by atoms with Crippen molar-refractivity contribution >= 4 is 18.6 Å². The first kappa shape index (κ1) is 16.2. The van der Waals surface area contributed by atoms with Gasteiger partial charge in [0.05, 0.1) is 6.61 Å². The molecule has 0 saturated heterocycles. The Labute approximate surface area is 133 Å². The van der Waals surface area contributed by atoms with Gasteiger partial charge in [-0.15, -0.1) is 0 Å². The van der Waals surface area contributed by atoms with Crippen molar-refractivity contribution in [2.45, 2.75) is 44.7 Å². The lowest BCUT2D eigenvalue weighted by Crippen LogP contribution is -2.54. The minimum Gasteiger partial charge on any atom is -0.462 e. The first-order valence-corrected chi connectivity index (χ1v) is 8.34. The van der Waals surface area contributed by atoms with E-state index in [0.29, 0.717) is 11.8 Å². The van der Waals surface area contributed by atoms with Crippen LogP contribution in [0.5, 0.6) is 0 Å². The van der Waals surface area contributed by atoms with Crippen molar-refractivity contribution in [2.75, 3.05) is 12.4 Å². The second-order valence-corrected chi connectivity index (χ2v) is 7.99. The number of halogens is 3. The van der Waals surface area contributed by atoms with Crippen LogP contribution in [0.15, 0.2) is 12.2 Å². The van der Waals surface area contributed by atoms with E-state index in [1.807, 2.05) is 0 Å². The van der Waals surface area contributed by atoms with Gasteiger partial charge in [0.15, 0.2) is 0 Å². The molecule has 0 radical (unpaired) electrons. The molecule has 0 amide bonds. The van der Waals surface area contributed by atoms with Gasteiger partial charge in [0.2, 0.25) is 0 Å². The lowest BCUT2D eigenvalue weighted by molar-refractivity contribution is -0.166. The summed E-state index contributed by atoms with van der Waals surface area (Å²) in [6.07, 6.45) is 1.67.